The van der Waals surface area contributed by atoms with Crippen molar-refractivity contribution in [3.8, 4) is 11.3 Å². The molecule has 31 heavy (non-hydrogen) atoms. The molecule has 0 aliphatic heterocycles. The summed E-state index contributed by atoms with van der Waals surface area (Å²) in [5.41, 5.74) is 6.16. The zero-order valence-corrected chi connectivity index (χ0v) is 18.8. The summed E-state index contributed by atoms with van der Waals surface area (Å²) >= 11 is 0. The molecule has 0 saturated carbocycles. The summed E-state index contributed by atoms with van der Waals surface area (Å²) in [4.78, 5) is 14.5. The first-order chi connectivity index (χ1) is 15.0. The van der Waals surface area contributed by atoms with Gasteiger partial charge in [0.1, 0.15) is 11.3 Å². The average molecular weight is 419 g/mol. The van der Waals surface area contributed by atoms with E-state index in [0.717, 1.165) is 54.2 Å². The molecule has 0 aliphatic rings. The largest absolute Gasteiger partial charge is 0.343 e. The van der Waals surface area contributed by atoms with Gasteiger partial charge in [0, 0.05) is 43.9 Å². The van der Waals surface area contributed by atoms with Crippen LogP contribution in [0.3, 0.4) is 0 Å². The van der Waals surface area contributed by atoms with Crippen molar-refractivity contribution in [3.63, 3.8) is 0 Å². The standard InChI is InChI=1S/C24H30N6O/c1-5-7-12-28(6-2)23(31)11-10-22-25-26-24-21-16-20(27-30(21)14-13-29(22)24)19-9-8-17(3)18(4)15-19/h8-9,13-16H,5-7,10-12H2,1-4H3. The number of aromatic nitrogens is 5. The monoisotopic (exact) mass is 418 g/mol. The smallest absolute Gasteiger partial charge is 0.223 e. The molecule has 0 atom stereocenters. The van der Waals surface area contributed by atoms with E-state index in [0.29, 0.717) is 12.8 Å². The molecule has 0 saturated heterocycles. The fourth-order valence-electron chi connectivity index (χ4n) is 3.86. The van der Waals surface area contributed by atoms with Gasteiger partial charge in [0.2, 0.25) is 5.91 Å². The Balaban J connectivity index is 1.58. The molecule has 0 fully saturated rings. The number of fused-ring (bicyclic) bond motifs is 3. The van der Waals surface area contributed by atoms with Gasteiger partial charge in [-0.2, -0.15) is 5.10 Å². The number of hydrogen-bond acceptors (Lipinski definition) is 4. The first-order valence-corrected chi connectivity index (χ1v) is 11.1. The lowest BCUT2D eigenvalue weighted by molar-refractivity contribution is -0.131. The third kappa shape index (κ3) is 4.17. The Morgan fingerprint density at radius 1 is 1.06 bits per heavy atom. The highest BCUT2D eigenvalue weighted by Gasteiger charge is 2.16. The molecule has 162 valence electrons. The Bertz CT molecular complexity index is 1220. The van der Waals surface area contributed by atoms with Crippen LogP contribution in [-0.2, 0) is 11.2 Å². The second kappa shape index (κ2) is 8.88. The third-order valence-corrected chi connectivity index (χ3v) is 5.97. The molecule has 1 aromatic carbocycles. The van der Waals surface area contributed by atoms with Crippen LogP contribution in [0.2, 0.25) is 0 Å². The molecule has 0 bridgehead atoms. The van der Waals surface area contributed by atoms with E-state index in [9.17, 15) is 4.79 Å². The maximum absolute atomic E-state index is 12.6. The van der Waals surface area contributed by atoms with Crippen molar-refractivity contribution in [3.05, 3.63) is 53.6 Å². The summed E-state index contributed by atoms with van der Waals surface area (Å²) in [6.07, 6.45) is 6.97. The summed E-state index contributed by atoms with van der Waals surface area (Å²) in [6.45, 7) is 9.97. The fraction of sp³-hybridized carbons (Fsp3) is 0.417. The van der Waals surface area contributed by atoms with Crippen LogP contribution in [0.4, 0.5) is 0 Å². The number of amides is 1. The van der Waals surface area contributed by atoms with E-state index in [1.54, 1.807) is 0 Å². The van der Waals surface area contributed by atoms with E-state index >= 15 is 0 Å². The normalized spacial score (nSPS) is 11.5. The van der Waals surface area contributed by atoms with E-state index in [1.165, 1.54) is 11.1 Å². The van der Waals surface area contributed by atoms with E-state index in [-0.39, 0.29) is 5.91 Å². The molecule has 4 aromatic rings. The van der Waals surface area contributed by atoms with Crippen molar-refractivity contribution in [2.24, 2.45) is 0 Å². The van der Waals surface area contributed by atoms with E-state index < -0.39 is 0 Å². The molecule has 4 rings (SSSR count). The summed E-state index contributed by atoms with van der Waals surface area (Å²) in [7, 11) is 0. The Morgan fingerprint density at radius 2 is 1.90 bits per heavy atom. The average Bonchev–Trinajstić information content (AvgIpc) is 3.38. The lowest BCUT2D eigenvalue weighted by Crippen LogP contribution is -2.32. The van der Waals surface area contributed by atoms with Crippen molar-refractivity contribution < 1.29 is 4.79 Å². The molecule has 7 heteroatoms. The van der Waals surface area contributed by atoms with Gasteiger partial charge in [0.05, 0.1) is 5.69 Å². The highest BCUT2D eigenvalue weighted by molar-refractivity contribution is 5.78. The first kappa shape index (κ1) is 21.0. The minimum Gasteiger partial charge on any atom is -0.343 e. The summed E-state index contributed by atoms with van der Waals surface area (Å²) in [6, 6.07) is 8.43. The maximum atomic E-state index is 12.6. The van der Waals surface area contributed by atoms with Gasteiger partial charge in [-0.3, -0.25) is 9.20 Å². The zero-order chi connectivity index (χ0) is 22.0. The first-order valence-electron chi connectivity index (χ1n) is 11.1. The van der Waals surface area contributed by atoms with E-state index in [1.807, 2.05) is 39.2 Å². The van der Waals surface area contributed by atoms with Gasteiger partial charge < -0.3 is 4.90 Å². The third-order valence-electron chi connectivity index (χ3n) is 5.97. The van der Waals surface area contributed by atoms with Crippen LogP contribution in [-0.4, -0.2) is 48.1 Å². The van der Waals surface area contributed by atoms with Crippen LogP contribution < -0.4 is 0 Å². The summed E-state index contributed by atoms with van der Waals surface area (Å²) in [5.74, 6) is 0.974. The van der Waals surface area contributed by atoms with Crippen molar-refractivity contribution in [1.82, 2.24) is 29.1 Å². The topological polar surface area (TPSA) is 67.8 Å². The van der Waals surface area contributed by atoms with Crippen LogP contribution in [0.15, 0.2) is 36.7 Å². The second-order valence-corrected chi connectivity index (χ2v) is 8.09. The molecule has 0 N–H and O–H groups in total. The van der Waals surface area contributed by atoms with Gasteiger partial charge in [0.15, 0.2) is 5.65 Å². The van der Waals surface area contributed by atoms with Crippen molar-refractivity contribution in [1.29, 1.82) is 0 Å². The number of unbranched alkanes of at least 4 members (excludes halogenated alkanes) is 1. The molecule has 0 aliphatic carbocycles. The molecular weight excluding hydrogens is 388 g/mol. The lowest BCUT2D eigenvalue weighted by Gasteiger charge is -2.20. The van der Waals surface area contributed by atoms with Gasteiger partial charge in [0.25, 0.3) is 0 Å². The predicted molar refractivity (Wildman–Crippen MR) is 122 cm³/mol. The molecule has 0 radical (unpaired) electrons. The lowest BCUT2D eigenvalue weighted by atomic mass is 10.0. The Kier molecular flexibility index (Phi) is 6.02. The number of aryl methyl sites for hydroxylation is 3. The number of carbonyl (C=O) groups is 1. The highest BCUT2D eigenvalue weighted by Crippen LogP contribution is 2.24. The number of carbonyl (C=O) groups excluding carboxylic acids is 1. The SMILES string of the molecule is CCCCN(CC)C(=O)CCc1nnc2c3cc(-c4ccc(C)c(C)c4)nn3ccn12. The minimum absolute atomic E-state index is 0.176. The molecule has 7 nitrogen and oxygen atoms in total. The minimum atomic E-state index is 0.176. The summed E-state index contributed by atoms with van der Waals surface area (Å²) in [5, 5.41) is 13.5. The maximum Gasteiger partial charge on any atom is 0.223 e. The Labute approximate surface area is 182 Å². The van der Waals surface area contributed by atoms with Crippen LogP contribution in [0.25, 0.3) is 22.4 Å². The number of hydrogen-bond donors (Lipinski definition) is 0. The molecular formula is C24H30N6O. The van der Waals surface area contributed by atoms with Crippen LogP contribution in [0.5, 0.6) is 0 Å². The van der Waals surface area contributed by atoms with Crippen LogP contribution in [0, 0.1) is 13.8 Å². The molecule has 3 heterocycles. The van der Waals surface area contributed by atoms with Crippen LogP contribution in [0.1, 0.15) is 50.1 Å². The molecule has 0 unspecified atom stereocenters. The number of nitrogens with zero attached hydrogens (tertiary/aromatic N) is 6. The Hall–Kier alpha value is -3.22. The van der Waals surface area contributed by atoms with Crippen molar-refractivity contribution in [2.75, 3.05) is 13.1 Å². The van der Waals surface area contributed by atoms with E-state index in [4.69, 9.17) is 5.10 Å². The number of benzene rings is 1. The highest BCUT2D eigenvalue weighted by atomic mass is 16.2. The number of rotatable bonds is 8. The van der Waals surface area contributed by atoms with Crippen molar-refractivity contribution in [2.45, 2.75) is 53.4 Å². The van der Waals surface area contributed by atoms with Gasteiger partial charge >= 0.3 is 0 Å². The van der Waals surface area contributed by atoms with Gasteiger partial charge in [-0.15, -0.1) is 10.2 Å². The zero-order valence-electron chi connectivity index (χ0n) is 18.8. The van der Waals surface area contributed by atoms with E-state index in [2.05, 4.69) is 49.2 Å². The quantitative estimate of drug-likeness (QED) is 0.429. The fourth-order valence-corrected chi connectivity index (χ4v) is 3.86. The van der Waals surface area contributed by atoms with Gasteiger partial charge in [-0.25, -0.2) is 4.52 Å². The second-order valence-electron chi connectivity index (χ2n) is 8.09. The van der Waals surface area contributed by atoms with Gasteiger partial charge in [-0.1, -0.05) is 25.5 Å². The summed E-state index contributed by atoms with van der Waals surface area (Å²) < 4.78 is 3.81. The van der Waals surface area contributed by atoms with Gasteiger partial charge in [-0.05, 0) is 50.5 Å². The molecule has 3 aromatic heterocycles. The van der Waals surface area contributed by atoms with Crippen molar-refractivity contribution >= 4 is 17.1 Å². The van der Waals surface area contributed by atoms with Crippen LogP contribution >= 0.6 is 0 Å². The Morgan fingerprint density at radius 3 is 2.65 bits per heavy atom. The molecule has 1 amide bonds. The molecule has 0 spiro atoms. The predicted octanol–water partition coefficient (Wildman–Crippen LogP) is 4.24.